The first-order valence-corrected chi connectivity index (χ1v) is 14.6. The van der Waals surface area contributed by atoms with Crippen LogP contribution in [0.15, 0.2) is 48.5 Å². The molecule has 7 nitrogen and oxygen atoms in total. The van der Waals surface area contributed by atoms with Crippen LogP contribution in [-0.4, -0.2) is 50.5 Å². The maximum absolute atomic E-state index is 13.5. The van der Waals surface area contributed by atoms with Crippen molar-refractivity contribution in [3.8, 4) is 0 Å². The molecule has 0 radical (unpaired) electrons. The number of amides is 2. The molecule has 0 spiro atoms. The molecule has 2 aromatic carbocycles. The maximum Gasteiger partial charge on any atom is 0.242 e. The van der Waals surface area contributed by atoms with Crippen molar-refractivity contribution < 1.29 is 18.0 Å². The van der Waals surface area contributed by atoms with Gasteiger partial charge in [-0.3, -0.25) is 13.9 Å². The van der Waals surface area contributed by atoms with E-state index in [0.717, 1.165) is 6.26 Å². The molecule has 2 amide bonds. The summed E-state index contributed by atoms with van der Waals surface area (Å²) in [7, 11) is -3.54. The van der Waals surface area contributed by atoms with Crippen LogP contribution in [0, 0.1) is 5.92 Å². The first kappa shape index (κ1) is 29.9. The summed E-state index contributed by atoms with van der Waals surface area (Å²) in [6.45, 7) is 6.52. The van der Waals surface area contributed by atoms with Gasteiger partial charge >= 0.3 is 0 Å². The fourth-order valence-corrected chi connectivity index (χ4v) is 5.28. The summed E-state index contributed by atoms with van der Waals surface area (Å²) in [4.78, 5) is 28.0. The number of nitrogens with one attached hydrogen (secondary N) is 1. The monoisotopic (exact) mass is 555 g/mol. The Morgan fingerprint density at radius 2 is 1.61 bits per heavy atom. The van der Waals surface area contributed by atoms with Gasteiger partial charge in [-0.05, 0) is 43.0 Å². The molecule has 0 saturated carbocycles. The lowest BCUT2D eigenvalue weighted by Gasteiger charge is -2.32. The molecule has 1 atom stereocenters. The second-order valence-electron chi connectivity index (χ2n) is 9.06. The van der Waals surface area contributed by atoms with E-state index < -0.39 is 16.1 Å². The van der Waals surface area contributed by atoms with Crippen molar-refractivity contribution in [1.29, 1.82) is 0 Å². The topological polar surface area (TPSA) is 86.8 Å². The van der Waals surface area contributed by atoms with E-state index in [1.807, 2.05) is 20.8 Å². The number of rotatable bonds is 13. The summed E-state index contributed by atoms with van der Waals surface area (Å²) in [5, 5.41) is 3.73. The molecule has 0 fully saturated rings. The molecular weight excluding hydrogens is 521 g/mol. The van der Waals surface area contributed by atoms with Crippen LogP contribution in [0.25, 0.3) is 0 Å². The van der Waals surface area contributed by atoms with Crippen LogP contribution in [0.2, 0.25) is 10.0 Å². The predicted octanol–water partition coefficient (Wildman–Crippen LogP) is 5.12. The highest BCUT2D eigenvalue weighted by molar-refractivity contribution is 7.92. The molecule has 198 valence electrons. The molecule has 36 heavy (non-hydrogen) atoms. The molecule has 0 aliphatic heterocycles. The van der Waals surface area contributed by atoms with Gasteiger partial charge in [0.25, 0.3) is 0 Å². The van der Waals surface area contributed by atoms with Gasteiger partial charge in [0, 0.05) is 41.7 Å². The number of hydrogen-bond donors (Lipinski definition) is 1. The molecule has 0 bridgehead atoms. The van der Waals surface area contributed by atoms with Crippen LogP contribution in [0.5, 0.6) is 0 Å². The zero-order chi connectivity index (χ0) is 26.9. The van der Waals surface area contributed by atoms with E-state index >= 15 is 0 Å². The first-order chi connectivity index (χ1) is 17.0. The highest BCUT2D eigenvalue weighted by Crippen LogP contribution is 2.27. The number of sulfonamides is 1. The molecule has 0 saturated heterocycles. The van der Waals surface area contributed by atoms with Gasteiger partial charge in [0.2, 0.25) is 21.8 Å². The molecule has 0 unspecified atom stereocenters. The molecule has 0 aliphatic carbocycles. The van der Waals surface area contributed by atoms with Crippen molar-refractivity contribution in [1.82, 2.24) is 10.2 Å². The minimum absolute atomic E-state index is 0.0505. The quantitative estimate of drug-likeness (QED) is 0.371. The van der Waals surface area contributed by atoms with Crippen molar-refractivity contribution in [2.75, 3.05) is 23.7 Å². The van der Waals surface area contributed by atoms with Crippen LogP contribution in [-0.2, 0) is 26.2 Å². The minimum atomic E-state index is -3.54. The van der Waals surface area contributed by atoms with Crippen LogP contribution < -0.4 is 9.62 Å². The van der Waals surface area contributed by atoms with Crippen LogP contribution >= 0.6 is 23.2 Å². The standard InChI is InChI=1S/C26H35Cl2N3O4S/c1-5-24(26(33)29-17-19(2)3)30(18-21-22(27)13-9-14-23(21)28)25(32)15-10-16-31(36(4,34)35)20-11-7-6-8-12-20/h6-9,11-14,19,24H,5,10,15-18H2,1-4H3,(H,29,33)/t24-/m0/s1. The Morgan fingerprint density at radius 3 is 2.14 bits per heavy atom. The molecule has 0 aromatic heterocycles. The van der Waals surface area contributed by atoms with E-state index in [0.29, 0.717) is 34.3 Å². The number of anilines is 1. The van der Waals surface area contributed by atoms with Gasteiger partial charge in [0.1, 0.15) is 6.04 Å². The summed E-state index contributed by atoms with van der Waals surface area (Å²) >= 11 is 12.8. The number of benzene rings is 2. The van der Waals surface area contributed by atoms with Gasteiger partial charge in [-0.25, -0.2) is 8.42 Å². The van der Waals surface area contributed by atoms with Crippen LogP contribution in [0.1, 0.15) is 45.6 Å². The van der Waals surface area contributed by atoms with E-state index in [1.165, 1.54) is 9.21 Å². The van der Waals surface area contributed by atoms with E-state index in [2.05, 4.69) is 5.32 Å². The van der Waals surface area contributed by atoms with Gasteiger partial charge in [0.05, 0.1) is 11.9 Å². The van der Waals surface area contributed by atoms with E-state index in [4.69, 9.17) is 23.2 Å². The third kappa shape index (κ3) is 8.68. The third-order valence-corrected chi connectivity index (χ3v) is 7.56. The van der Waals surface area contributed by atoms with Gasteiger partial charge in [-0.1, -0.05) is 68.2 Å². The lowest BCUT2D eigenvalue weighted by molar-refractivity contribution is -0.141. The normalized spacial score (nSPS) is 12.3. The zero-order valence-electron chi connectivity index (χ0n) is 21.2. The van der Waals surface area contributed by atoms with E-state index in [9.17, 15) is 18.0 Å². The average Bonchev–Trinajstić information content (AvgIpc) is 2.81. The highest BCUT2D eigenvalue weighted by Gasteiger charge is 2.30. The number of para-hydroxylation sites is 1. The fraction of sp³-hybridized carbons (Fsp3) is 0.462. The fourth-order valence-electron chi connectivity index (χ4n) is 3.79. The Labute approximate surface area is 224 Å². The van der Waals surface area contributed by atoms with Gasteiger partial charge in [-0.15, -0.1) is 0 Å². The Balaban J connectivity index is 2.25. The summed E-state index contributed by atoms with van der Waals surface area (Å²) < 4.78 is 26.0. The second-order valence-corrected chi connectivity index (χ2v) is 11.8. The van der Waals surface area contributed by atoms with E-state index in [-0.39, 0.29) is 43.7 Å². The minimum Gasteiger partial charge on any atom is -0.354 e. The molecule has 2 aromatic rings. The van der Waals surface area contributed by atoms with Crippen molar-refractivity contribution >= 4 is 50.7 Å². The number of carbonyl (C=O) groups excluding carboxylic acids is 2. The molecule has 1 N–H and O–H groups in total. The van der Waals surface area contributed by atoms with Crippen molar-refractivity contribution in [2.24, 2.45) is 5.92 Å². The highest BCUT2D eigenvalue weighted by atomic mass is 35.5. The largest absolute Gasteiger partial charge is 0.354 e. The maximum atomic E-state index is 13.5. The molecule has 0 aliphatic rings. The van der Waals surface area contributed by atoms with Gasteiger partial charge in [0.15, 0.2) is 0 Å². The smallest absolute Gasteiger partial charge is 0.242 e. The lowest BCUT2D eigenvalue weighted by atomic mass is 10.1. The molecule has 0 heterocycles. The van der Waals surface area contributed by atoms with Crippen molar-refractivity contribution in [3.63, 3.8) is 0 Å². The van der Waals surface area contributed by atoms with Crippen LogP contribution in [0.4, 0.5) is 5.69 Å². The number of nitrogens with zero attached hydrogens (tertiary/aromatic N) is 2. The van der Waals surface area contributed by atoms with Crippen LogP contribution in [0.3, 0.4) is 0 Å². The molecular formula is C26H35Cl2N3O4S. The summed E-state index contributed by atoms with van der Waals surface area (Å²) in [5.41, 5.74) is 1.10. The zero-order valence-corrected chi connectivity index (χ0v) is 23.5. The summed E-state index contributed by atoms with van der Waals surface area (Å²) in [5.74, 6) is -0.266. The van der Waals surface area contributed by atoms with Gasteiger partial charge < -0.3 is 10.2 Å². The Kier molecular flexibility index (Phi) is 11.5. The third-order valence-electron chi connectivity index (χ3n) is 5.66. The molecule has 2 rings (SSSR count). The van der Waals surface area contributed by atoms with Crippen molar-refractivity contribution in [2.45, 2.75) is 52.6 Å². The number of halogens is 2. The molecule has 10 heteroatoms. The van der Waals surface area contributed by atoms with Crippen molar-refractivity contribution in [3.05, 3.63) is 64.1 Å². The average molecular weight is 557 g/mol. The summed E-state index contributed by atoms with van der Waals surface area (Å²) in [6.07, 6.45) is 1.86. The predicted molar refractivity (Wildman–Crippen MR) is 147 cm³/mol. The van der Waals surface area contributed by atoms with E-state index in [1.54, 1.807) is 48.5 Å². The van der Waals surface area contributed by atoms with Gasteiger partial charge in [-0.2, -0.15) is 0 Å². The number of carbonyl (C=O) groups is 2. The second kappa shape index (κ2) is 13.9. The Morgan fingerprint density at radius 1 is 1.00 bits per heavy atom. The first-order valence-electron chi connectivity index (χ1n) is 12.0. The summed E-state index contributed by atoms with van der Waals surface area (Å²) in [6, 6.07) is 13.1. The SMILES string of the molecule is CC[C@@H](C(=O)NCC(C)C)N(Cc1c(Cl)cccc1Cl)C(=O)CCCN(c1ccccc1)S(C)(=O)=O. The number of hydrogen-bond acceptors (Lipinski definition) is 4. The Hall–Kier alpha value is -2.29. The Bertz CT molecular complexity index is 1110. The lowest BCUT2D eigenvalue weighted by Crippen LogP contribution is -2.49.